The van der Waals surface area contributed by atoms with Crippen LogP contribution in [0.5, 0.6) is 0 Å². The van der Waals surface area contributed by atoms with Crippen LogP contribution in [-0.4, -0.2) is 20.4 Å². The van der Waals surface area contributed by atoms with Gasteiger partial charge in [-0.3, -0.25) is 4.79 Å². The summed E-state index contributed by atoms with van der Waals surface area (Å²) in [5.74, 6) is -0.0708. The van der Waals surface area contributed by atoms with E-state index in [0.29, 0.717) is 18.5 Å². The zero-order valence-corrected chi connectivity index (χ0v) is 13.6. The van der Waals surface area contributed by atoms with Crippen LogP contribution in [-0.2, 0) is 21.2 Å². The second-order valence-electron chi connectivity index (χ2n) is 6.42. The number of nitrogens with zero attached hydrogens (tertiary/aromatic N) is 1. The molecule has 0 saturated carbocycles. The van der Waals surface area contributed by atoms with Gasteiger partial charge < -0.3 is 5.32 Å². The lowest BCUT2D eigenvalue weighted by atomic mass is 9.88. The van der Waals surface area contributed by atoms with Crippen molar-refractivity contribution < 1.29 is 13.2 Å². The first kappa shape index (κ1) is 16.5. The van der Waals surface area contributed by atoms with Crippen molar-refractivity contribution in [3.63, 3.8) is 0 Å². The third-order valence-corrected chi connectivity index (χ3v) is 4.97. The maximum atomic E-state index is 12.4. The molecule has 0 radical (unpaired) electrons. The molecule has 6 nitrogen and oxygen atoms in total. The first-order valence-corrected chi connectivity index (χ1v) is 8.46. The van der Waals surface area contributed by atoms with E-state index >= 15 is 0 Å². The van der Waals surface area contributed by atoms with Gasteiger partial charge in [0.2, 0.25) is 15.9 Å². The van der Waals surface area contributed by atoms with Gasteiger partial charge >= 0.3 is 0 Å². The van der Waals surface area contributed by atoms with E-state index in [4.69, 9.17) is 5.26 Å². The Balaban J connectivity index is 2.31. The molecule has 0 bridgehead atoms. The van der Waals surface area contributed by atoms with Crippen molar-refractivity contribution >= 4 is 21.6 Å². The predicted molar refractivity (Wildman–Crippen MR) is 82.6 cm³/mol. The third kappa shape index (κ3) is 3.46. The summed E-state index contributed by atoms with van der Waals surface area (Å²) in [6, 6.07) is 5.73. The van der Waals surface area contributed by atoms with Crippen LogP contribution in [0.3, 0.4) is 0 Å². The smallest absolute Gasteiger partial charge is 0.241 e. The van der Waals surface area contributed by atoms with E-state index in [0.717, 1.165) is 5.56 Å². The Hall–Kier alpha value is -1.91. The maximum Gasteiger partial charge on any atom is 0.241 e. The summed E-state index contributed by atoms with van der Waals surface area (Å²) >= 11 is 0. The Labute approximate surface area is 130 Å². The van der Waals surface area contributed by atoms with Gasteiger partial charge in [0.1, 0.15) is 6.04 Å². The van der Waals surface area contributed by atoms with E-state index in [2.05, 4.69) is 10.0 Å². The maximum absolute atomic E-state index is 12.4. The van der Waals surface area contributed by atoms with Gasteiger partial charge in [0.15, 0.2) is 0 Å². The molecule has 1 atom stereocenters. The number of fused-ring (bicyclic) bond motifs is 1. The lowest BCUT2D eigenvalue weighted by Gasteiger charge is -2.25. The normalized spacial score (nSPS) is 16.4. The SMILES string of the molecule is CC(C)(C)[C@@H](C#N)NS(=O)(=O)c1ccc2c(c1)CCC(=O)N2. The number of nitrogens with one attached hydrogen (secondary N) is 2. The Bertz CT molecular complexity index is 742. The number of hydrogen-bond donors (Lipinski definition) is 2. The topological polar surface area (TPSA) is 99.1 Å². The zero-order chi connectivity index (χ0) is 16.5. The van der Waals surface area contributed by atoms with Gasteiger partial charge in [-0.15, -0.1) is 0 Å². The zero-order valence-electron chi connectivity index (χ0n) is 12.8. The Morgan fingerprint density at radius 3 is 2.59 bits per heavy atom. The number of anilines is 1. The molecule has 2 rings (SSSR count). The second kappa shape index (κ2) is 5.71. The van der Waals surface area contributed by atoms with Gasteiger partial charge in [-0.1, -0.05) is 20.8 Å². The average molecular weight is 321 g/mol. The number of aryl methyl sites for hydroxylation is 1. The van der Waals surface area contributed by atoms with Crippen molar-refractivity contribution in [2.75, 3.05) is 5.32 Å². The van der Waals surface area contributed by atoms with Crippen LogP contribution < -0.4 is 10.0 Å². The number of rotatable bonds is 3. The second-order valence-corrected chi connectivity index (χ2v) is 8.13. The molecule has 0 spiro atoms. The lowest BCUT2D eigenvalue weighted by Crippen LogP contribution is -2.42. The first-order chi connectivity index (χ1) is 10.1. The molecule has 0 saturated heterocycles. The van der Waals surface area contributed by atoms with Gasteiger partial charge in [-0.25, -0.2) is 8.42 Å². The van der Waals surface area contributed by atoms with Gasteiger partial charge in [-0.05, 0) is 35.6 Å². The molecule has 1 heterocycles. The molecular weight excluding hydrogens is 302 g/mol. The minimum atomic E-state index is -3.79. The highest BCUT2D eigenvalue weighted by atomic mass is 32.2. The van der Waals surface area contributed by atoms with Crippen molar-refractivity contribution in [2.24, 2.45) is 5.41 Å². The molecule has 22 heavy (non-hydrogen) atoms. The third-order valence-electron chi connectivity index (χ3n) is 3.55. The van der Waals surface area contributed by atoms with Crippen LogP contribution in [0.1, 0.15) is 32.8 Å². The van der Waals surface area contributed by atoms with Crippen molar-refractivity contribution in [1.82, 2.24) is 4.72 Å². The number of nitriles is 1. The molecule has 1 aromatic rings. The van der Waals surface area contributed by atoms with E-state index < -0.39 is 21.5 Å². The number of carbonyl (C=O) groups excluding carboxylic acids is 1. The van der Waals surface area contributed by atoms with Crippen LogP contribution >= 0.6 is 0 Å². The van der Waals surface area contributed by atoms with Crippen molar-refractivity contribution in [1.29, 1.82) is 5.26 Å². The van der Waals surface area contributed by atoms with Crippen LogP contribution in [0.15, 0.2) is 23.1 Å². The number of hydrogen-bond acceptors (Lipinski definition) is 4. The summed E-state index contributed by atoms with van der Waals surface area (Å²) in [4.78, 5) is 11.4. The molecule has 0 unspecified atom stereocenters. The highest BCUT2D eigenvalue weighted by molar-refractivity contribution is 7.89. The molecular formula is C15H19N3O3S. The average Bonchev–Trinajstić information content (AvgIpc) is 2.42. The fourth-order valence-corrected chi connectivity index (χ4v) is 3.54. The summed E-state index contributed by atoms with van der Waals surface area (Å²) in [7, 11) is -3.79. The summed E-state index contributed by atoms with van der Waals surface area (Å²) in [5, 5.41) is 11.9. The molecule has 0 aromatic heterocycles. The van der Waals surface area contributed by atoms with Gasteiger partial charge in [-0.2, -0.15) is 9.98 Å². The van der Waals surface area contributed by atoms with E-state index in [1.807, 2.05) is 6.07 Å². The summed E-state index contributed by atoms with van der Waals surface area (Å²) < 4.78 is 27.3. The predicted octanol–water partition coefficient (Wildman–Crippen LogP) is 1.79. The molecule has 118 valence electrons. The van der Waals surface area contributed by atoms with Gasteiger partial charge in [0.05, 0.1) is 11.0 Å². The Morgan fingerprint density at radius 1 is 1.32 bits per heavy atom. The van der Waals surface area contributed by atoms with Crippen LogP contribution in [0.25, 0.3) is 0 Å². The van der Waals surface area contributed by atoms with Crippen molar-refractivity contribution in [3.8, 4) is 6.07 Å². The van der Waals surface area contributed by atoms with Crippen LogP contribution in [0.2, 0.25) is 0 Å². The Kier molecular flexibility index (Phi) is 4.27. The summed E-state index contributed by atoms with van der Waals surface area (Å²) in [5.41, 5.74) is 0.916. The molecule has 1 aliphatic rings. The lowest BCUT2D eigenvalue weighted by molar-refractivity contribution is -0.116. The van der Waals surface area contributed by atoms with Gasteiger partial charge in [0.25, 0.3) is 0 Å². The minimum absolute atomic E-state index is 0.0708. The first-order valence-electron chi connectivity index (χ1n) is 6.98. The molecule has 2 N–H and O–H groups in total. The molecule has 0 fully saturated rings. The van der Waals surface area contributed by atoms with E-state index in [1.165, 1.54) is 6.07 Å². The van der Waals surface area contributed by atoms with Crippen molar-refractivity contribution in [2.45, 2.75) is 44.6 Å². The van der Waals surface area contributed by atoms with Crippen LogP contribution in [0, 0.1) is 16.7 Å². The highest BCUT2D eigenvalue weighted by Gasteiger charge is 2.30. The molecule has 1 aliphatic heterocycles. The number of sulfonamides is 1. The van der Waals surface area contributed by atoms with E-state index in [1.54, 1.807) is 32.9 Å². The molecule has 1 aromatic carbocycles. The molecule has 1 amide bonds. The Morgan fingerprint density at radius 2 is 2.00 bits per heavy atom. The fourth-order valence-electron chi connectivity index (χ4n) is 2.15. The minimum Gasteiger partial charge on any atom is -0.326 e. The number of carbonyl (C=O) groups is 1. The quantitative estimate of drug-likeness (QED) is 0.886. The van der Waals surface area contributed by atoms with Crippen molar-refractivity contribution in [3.05, 3.63) is 23.8 Å². The molecule has 7 heteroatoms. The van der Waals surface area contributed by atoms with Gasteiger partial charge in [0, 0.05) is 12.1 Å². The fraction of sp³-hybridized carbons (Fsp3) is 0.467. The number of benzene rings is 1. The number of amides is 1. The van der Waals surface area contributed by atoms with E-state index in [-0.39, 0.29) is 10.8 Å². The molecule has 0 aliphatic carbocycles. The highest BCUT2D eigenvalue weighted by Crippen LogP contribution is 2.26. The monoisotopic (exact) mass is 321 g/mol. The van der Waals surface area contributed by atoms with E-state index in [9.17, 15) is 13.2 Å². The summed E-state index contributed by atoms with van der Waals surface area (Å²) in [6.07, 6.45) is 0.845. The van der Waals surface area contributed by atoms with Crippen LogP contribution in [0.4, 0.5) is 5.69 Å². The standard InChI is InChI=1S/C15H19N3O3S/c1-15(2,3)13(9-16)18-22(20,21)11-5-6-12-10(8-11)4-7-14(19)17-12/h5-6,8,13,18H,4,7H2,1-3H3,(H,17,19)/t13-/m1/s1. The summed E-state index contributed by atoms with van der Waals surface area (Å²) in [6.45, 7) is 5.39. The largest absolute Gasteiger partial charge is 0.326 e.